The standard InChI is InChI=1S/C26H23F3N2O/c1-25(2,22-14-9-15-23(30-22)26(27,28)29)17-19-16-21(18-10-5-3-6-11-18)31(24(19)32)20-12-7-4-8-13-20/h3-16,21H,17H2,1-2H3. The Morgan fingerprint density at radius 3 is 2.06 bits per heavy atom. The maximum absolute atomic E-state index is 13.5. The first-order chi connectivity index (χ1) is 15.2. The lowest BCUT2D eigenvalue weighted by molar-refractivity contribution is -0.141. The Balaban J connectivity index is 1.69. The van der Waals surface area contributed by atoms with Crippen molar-refractivity contribution in [1.82, 2.24) is 4.98 Å². The van der Waals surface area contributed by atoms with E-state index in [0.29, 0.717) is 11.3 Å². The normalized spacial score (nSPS) is 16.9. The van der Waals surface area contributed by atoms with E-state index in [1.807, 2.05) is 80.6 Å². The van der Waals surface area contributed by atoms with E-state index in [1.54, 1.807) is 11.0 Å². The highest BCUT2D eigenvalue weighted by atomic mass is 19.4. The summed E-state index contributed by atoms with van der Waals surface area (Å²) in [7, 11) is 0. The molecule has 0 N–H and O–H groups in total. The summed E-state index contributed by atoms with van der Waals surface area (Å²) in [4.78, 5) is 19.1. The average Bonchev–Trinajstić information content (AvgIpc) is 3.10. The van der Waals surface area contributed by atoms with Crippen molar-refractivity contribution in [3.63, 3.8) is 0 Å². The second-order valence-corrected chi connectivity index (χ2v) is 8.52. The van der Waals surface area contributed by atoms with Crippen molar-refractivity contribution in [3.05, 3.63) is 107 Å². The lowest BCUT2D eigenvalue weighted by Gasteiger charge is -2.27. The zero-order valence-corrected chi connectivity index (χ0v) is 17.8. The highest BCUT2D eigenvalue weighted by Gasteiger charge is 2.38. The number of anilines is 1. The number of rotatable bonds is 5. The molecule has 1 aliphatic rings. The van der Waals surface area contributed by atoms with Crippen molar-refractivity contribution in [2.45, 2.75) is 37.9 Å². The molecule has 0 aliphatic carbocycles. The van der Waals surface area contributed by atoms with Gasteiger partial charge >= 0.3 is 6.18 Å². The van der Waals surface area contributed by atoms with Crippen molar-refractivity contribution in [1.29, 1.82) is 0 Å². The number of alkyl halides is 3. The van der Waals surface area contributed by atoms with Gasteiger partial charge in [-0.3, -0.25) is 9.69 Å². The molecule has 1 unspecified atom stereocenters. The summed E-state index contributed by atoms with van der Waals surface area (Å²) in [5.74, 6) is -0.148. The van der Waals surface area contributed by atoms with Gasteiger partial charge in [0.2, 0.25) is 0 Å². The summed E-state index contributed by atoms with van der Waals surface area (Å²) < 4.78 is 39.5. The Hall–Kier alpha value is -3.41. The van der Waals surface area contributed by atoms with E-state index in [-0.39, 0.29) is 18.4 Å². The van der Waals surface area contributed by atoms with Crippen LogP contribution < -0.4 is 4.90 Å². The predicted molar refractivity (Wildman–Crippen MR) is 118 cm³/mol. The van der Waals surface area contributed by atoms with Crippen molar-refractivity contribution in [2.75, 3.05) is 4.90 Å². The lowest BCUT2D eigenvalue weighted by Crippen LogP contribution is -2.31. The molecule has 0 saturated heterocycles. The van der Waals surface area contributed by atoms with Crippen molar-refractivity contribution in [2.24, 2.45) is 0 Å². The number of halogens is 3. The molecule has 0 spiro atoms. The number of benzene rings is 2. The molecule has 1 aromatic heterocycles. The summed E-state index contributed by atoms with van der Waals surface area (Å²) in [6.45, 7) is 3.62. The molecular formula is C26H23F3N2O. The molecule has 0 bridgehead atoms. The Labute approximate surface area is 185 Å². The topological polar surface area (TPSA) is 33.2 Å². The van der Waals surface area contributed by atoms with E-state index in [2.05, 4.69) is 4.98 Å². The zero-order valence-electron chi connectivity index (χ0n) is 17.8. The van der Waals surface area contributed by atoms with E-state index >= 15 is 0 Å². The van der Waals surface area contributed by atoms with Gasteiger partial charge in [0.1, 0.15) is 5.69 Å². The maximum Gasteiger partial charge on any atom is 0.433 e. The quantitative estimate of drug-likeness (QED) is 0.458. The molecule has 2 heterocycles. The van der Waals surface area contributed by atoms with E-state index in [1.165, 1.54) is 6.07 Å². The highest BCUT2D eigenvalue weighted by Crippen LogP contribution is 2.40. The summed E-state index contributed by atoms with van der Waals surface area (Å²) in [5.41, 5.74) is 0.906. The van der Waals surface area contributed by atoms with Crippen molar-refractivity contribution in [3.8, 4) is 0 Å². The molecule has 1 atom stereocenters. The summed E-state index contributed by atoms with van der Waals surface area (Å²) in [6.07, 6.45) is -2.33. The molecular weight excluding hydrogens is 413 g/mol. The van der Waals surface area contributed by atoms with E-state index in [0.717, 1.165) is 17.3 Å². The van der Waals surface area contributed by atoms with Crippen LogP contribution in [-0.2, 0) is 16.4 Å². The van der Waals surface area contributed by atoms with Gasteiger partial charge in [-0.05, 0) is 42.3 Å². The molecule has 0 saturated carbocycles. The Bertz CT molecular complexity index is 1140. The minimum atomic E-state index is -4.52. The molecule has 164 valence electrons. The second-order valence-electron chi connectivity index (χ2n) is 8.52. The van der Waals surface area contributed by atoms with Crippen LogP contribution in [0.15, 0.2) is 90.5 Å². The molecule has 6 heteroatoms. The number of aromatic nitrogens is 1. The molecule has 0 radical (unpaired) electrons. The van der Waals surface area contributed by atoms with Crippen molar-refractivity contribution < 1.29 is 18.0 Å². The van der Waals surface area contributed by atoms with Crippen LogP contribution in [0.5, 0.6) is 0 Å². The number of nitrogens with zero attached hydrogens (tertiary/aromatic N) is 2. The minimum Gasteiger partial charge on any atom is -0.298 e. The minimum absolute atomic E-state index is 0.148. The fourth-order valence-electron chi connectivity index (χ4n) is 4.05. The third-order valence-corrected chi connectivity index (χ3v) is 5.67. The number of pyridine rings is 1. The molecule has 3 aromatic rings. The Morgan fingerprint density at radius 2 is 1.44 bits per heavy atom. The Kier molecular flexibility index (Phi) is 5.63. The Morgan fingerprint density at radius 1 is 0.844 bits per heavy atom. The predicted octanol–water partition coefficient (Wildman–Crippen LogP) is 6.48. The SMILES string of the molecule is CC(C)(CC1=CC(c2ccccc2)N(c2ccccc2)C1=O)c1cccc(C(F)(F)F)n1. The molecule has 1 aliphatic heterocycles. The first-order valence-electron chi connectivity index (χ1n) is 10.4. The monoisotopic (exact) mass is 436 g/mol. The van der Waals surface area contributed by atoms with Gasteiger partial charge in [-0.15, -0.1) is 0 Å². The number of carbonyl (C=O) groups is 1. The third-order valence-electron chi connectivity index (χ3n) is 5.67. The third kappa shape index (κ3) is 4.31. The summed E-state index contributed by atoms with van der Waals surface area (Å²) in [5, 5.41) is 0. The highest BCUT2D eigenvalue weighted by molar-refractivity contribution is 6.09. The molecule has 2 aromatic carbocycles. The lowest BCUT2D eigenvalue weighted by atomic mass is 9.81. The fraction of sp³-hybridized carbons (Fsp3) is 0.231. The first kappa shape index (κ1) is 21.8. The smallest absolute Gasteiger partial charge is 0.298 e. The molecule has 4 rings (SSSR count). The van der Waals surface area contributed by atoms with Crippen LogP contribution in [0.3, 0.4) is 0 Å². The van der Waals surface area contributed by atoms with Gasteiger partial charge in [0.05, 0.1) is 6.04 Å². The first-order valence-corrected chi connectivity index (χ1v) is 10.4. The molecule has 0 fully saturated rings. The number of amides is 1. The van der Waals surface area contributed by atoms with Crippen LogP contribution in [0, 0.1) is 0 Å². The van der Waals surface area contributed by atoms with Crippen LogP contribution in [-0.4, -0.2) is 10.9 Å². The molecule has 3 nitrogen and oxygen atoms in total. The van der Waals surface area contributed by atoms with Gasteiger partial charge in [0.25, 0.3) is 5.91 Å². The fourth-order valence-corrected chi connectivity index (χ4v) is 4.05. The summed E-state index contributed by atoms with van der Waals surface area (Å²) in [6, 6.07) is 22.7. The average molecular weight is 436 g/mol. The van der Waals surface area contributed by atoms with Crippen LogP contribution >= 0.6 is 0 Å². The van der Waals surface area contributed by atoms with Gasteiger partial charge in [0.15, 0.2) is 0 Å². The number of hydrogen-bond acceptors (Lipinski definition) is 2. The van der Waals surface area contributed by atoms with E-state index in [9.17, 15) is 18.0 Å². The van der Waals surface area contributed by atoms with E-state index < -0.39 is 17.3 Å². The van der Waals surface area contributed by atoms with Crippen LogP contribution in [0.1, 0.15) is 43.3 Å². The number of carbonyl (C=O) groups excluding carboxylic acids is 1. The largest absolute Gasteiger partial charge is 0.433 e. The van der Waals surface area contributed by atoms with Gasteiger partial charge < -0.3 is 0 Å². The van der Waals surface area contributed by atoms with Gasteiger partial charge in [0, 0.05) is 22.4 Å². The van der Waals surface area contributed by atoms with Crippen LogP contribution in [0.4, 0.5) is 18.9 Å². The number of hydrogen-bond donors (Lipinski definition) is 0. The van der Waals surface area contributed by atoms with Gasteiger partial charge in [-0.2, -0.15) is 13.2 Å². The summed E-state index contributed by atoms with van der Waals surface area (Å²) >= 11 is 0. The maximum atomic E-state index is 13.5. The van der Waals surface area contributed by atoms with Crippen LogP contribution in [0.25, 0.3) is 0 Å². The molecule has 1 amide bonds. The van der Waals surface area contributed by atoms with Gasteiger partial charge in [-0.25, -0.2) is 4.98 Å². The second kappa shape index (κ2) is 8.26. The zero-order chi connectivity index (χ0) is 22.9. The van der Waals surface area contributed by atoms with Crippen LogP contribution in [0.2, 0.25) is 0 Å². The van der Waals surface area contributed by atoms with E-state index in [4.69, 9.17) is 0 Å². The van der Waals surface area contributed by atoms with Gasteiger partial charge in [-0.1, -0.05) is 68.4 Å². The number of para-hydroxylation sites is 1. The molecule has 32 heavy (non-hydrogen) atoms. The van der Waals surface area contributed by atoms with Crippen molar-refractivity contribution >= 4 is 11.6 Å².